The van der Waals surface area contributed by atoms with Crippen molar-refractivity contribution in [2.24, 2.45) is 0 Å². The summed E-state index contributed by atoms with van der Waals surface area (Å²) in [6.07, 6.45) is 4.73. The van der Waals surface area contributed by atoms with E-state index in [0.717, 1.165) is 44.3 Å². The van der Waals surface area contributed by atoms with Gasteiger partial charge in [0, 0.05) is 26.2 Å². The van der Waals surface area contributed by atoms with Crippen molar-refractivity contribution in [1.82, 2.24) is 4.31 Å². The Hall–Kier alpha value is -1.31. The molecule has 0 aromatic heterocycles. The first kappa shape index (κ1) is 17.1. The van der Waals surface area contributed by atoms with E-state index in [4.69, 9.17) is 9.47 Å². The lowest BCUT2D eigenvalue weighted by Crippen LogP contribution is -2.39. The second-order valence-corrected chi connectivity index (χ2v) is 8.93. The SMILES string of the molecule is COC[C@@H]1CCCN1c1cccc2c1S(=O)(=O)N(C1CC1)CCCO2. The highest BCUT2D eigenvalue weighted by molar-refractivity contribution is 7.89. The lowest BCUT2D eigenvalue weighted by molar-refractivity contribution is 0.180. The highest BCUT2D eigenvalue weighted by Gasteiger charge is 2.42. The molecular weight excluding hydrogens is 340 g/mol. The molecule has 0 spiro atoms. The molecule has 0 bridgehead atoms. The fourth-order valence-corrected chi connectivity index (χ4v) is 6.04. The summed E-state index contributed by atoms with van der Waals surface area (Å²) in [7, 11) is -1.86. The van der Waals surface area contributed by atoms with E-state index < -0.39 is 10.0 Å². The number of ether oxygens (including phenoxy) is 2. The summed E-state index contributed by atoms with van der Waals surface area (Å²) in [6, 6.07) is 5.98. The minimum absolute atomic E-state index is 0.164. The molecule has 0 unspecified atom stereocenters. The first-order valence-corrected chi connectivity index (χ1v) is 10.6. The Balaban J connectivity index is 1.81. The fraction of sp³-hybridized carbons (Fsp3) is 0.667. The Morgan fingerprint density at radius 3 is 2.80 bits per heavy atom. The second-order valence-electron chi connectivity index (χ2n) is 7.10. The Morgan fingerprint density at radius 1 is 1.20 bits per heavy atom. The van der Waals surface area contributed by atoms with Crippen LogP contribution in [0.25, 0.3) is 0 Å². The zero-order valence-electron chi connectivity index (χ0n) is 14.7. The van der Waals surface area contributed by atoms with Gasteiger partial charge in [-0.2, -0.15) is 4.31 Å². The van der Waals surface area contributed by atoms with Gasteiger partial charge >= 0.3 is 0 Å². The maximum Gasteiger partial charge on any atom is 0.249 e. The number of nitrogens with zero attached hydrogens (tertiary/aromatic N) is 2. The van der Waals surface area contributed by atoms with Gasteiger partial charge in [0.25, 0.3) is 0 Å². The van der Waals surface area contributed by atoms with Crippen LogP contribution in [0.4, 0.5) is 5.69 Å². The number of rotatable bonds is 4. The predicted molar refractivity (Wildman–Crippen MR) is 95.7 cm³/mol. The van der Waals surface area contributed by atoms with E-state index in [0.29, 0.717) is 30.4 Å². The molecule has 7 heteroatoms. The van der Waals surface area contributed by atoms with Crippen molar-refractivity contribution in [2.45, 2.75) is 49.1 Å². The monoisotopic (exact) mass is 366 g/mol. The van der Waals surface area contributed by atoms with Gasteiger partial charge in [0.2, 0.25) is 10.0 Å². The summed E-state index contributed by atoms with van der Waals surface area (Å²) in [4.78, 5) is 2.54. The minimum Gasteiger partial charge on any atom is -0.492 e. The van der Waals surface area contributed by atoms with E-state index in [9.17, 15) is 8.42 Å². The number of benzene rings is 1. The standard InChI is InChI=1S/C18H26N2O4S/c1-23-13-15-5-3-10-19(15)16-6-2-7-17-18(16)25(21,22)20(14-8-9-14)11-4-12-24-17/h2,6-7,14-15H,3-5,8-13H2,1H3/t15-/m0/s1. The molecule has 6 nitrogen and oxygen atoms in total. The van der Waals surface area contributed by atoms with Crippen LogP contribution >= 0.6 is 0 Å². The Labute approximate surface area is 149 Å². The van der Waals surface area contributed by atoms with Crippen LogP contribution in [0.3, 0.4) is 0 Å². The Kier molecular flexibility index (Phi) is 4.64. The molecule has 1 aromatic carbocycles. The number of hydrogen-bond acceptors (Lipinski definition) is 5. The first-order chi connectivity index (χ1) is 12.1. The average Bonchev–Trinajstić information content (AvgIpc) is 3.31. The molecule has 1 aromatic rings. The fourth-order valence-electron chi connectivity index (χ4n) is 4.00. The van der Waals surface area contributed by atoms with Crippen molar-refractivity contribution >= 4 is 15.7 Å². The van der Waals surface area contributed by atoms with E-state index in [-0.39, 0.29) is 12.1 Å². The number of methoxy groups -OCH3 is 1. The highest BCUT2D eigenvalue weighted by Crippen LogP contribution is 2.42. The van der Waals surface area contributed by atoms with Gasteiger partial charge < -0.3 is 14.4 Å². The van der Waals surface area contributed by atoms with E-state index in [1.54, 1.807) is 17.5 Å². The molecule has 1 atom stereocenters. The van der Waals surface area contributed by atoms with Crippen LogP contribution in [0.2, 0.25) is 0 Å². The van der Waals surface area contributed by atoms with Gasteiger partial charge in [-0.15, -0.1) is 0 Å². The summed E-state index contributed by atoms with van der Waals surface area (Å²) >= 11 is 0. The first-order valence-electron chi connectivity index (χ1n) is 9.16. The smallest absolute Gasteiger partial charge is 0.249 e. The quantitative estimate of drug-likeness (QED) is 0.818. The number of fused-ring (bicyclic) bond motifs is 1. The third-order valence-electron chi connectivity index (χ3n) is 5.30. The van der Waals surface area contributed by atoms with Crippen molar-refractivity contribution in [3.63, 3.8) is 0 Å². The molecular formula is C18H26N2O4S. The van der Waals surface area contributed by atoms with Crippen LogP contribution in [0.5, 0.6) is 5.75 Å². The van der Waals surface area contributed by atoms with Gasteiger partial charge in [-0.05, 0) is 44.2 Å². The van der Waals surface area contributed by atoms with Crippen LogP contribution in [0.15, 0.2) is 23.1 Å². The van der Waals surface area contributed by atoms with E-state index in [1.807, 2.05) is 12.1 Å². The molecule has 0 amide bonds. The summed E-state index contributed by atoms with van der Waals surface area (Å²) < 4.78 is 39.9. The normalized spacial score (nSPS) is 26.6. The van der Waals surface area contributed by atoms with Crippen LogP contribution in [0, 0.1) is 0 Å². The van der Waals surface area contributed by atoms with Crippen molar-refractivity contribution in [2.75, 3.05) is 38.3 Å². The van der Waals surface area contributed by atoms with Crippen LogP contribution < -0.4 is 9.64 Å². The van der Waals surface area contributed by atoms with Gasteiger partial charge in [0.05, 0.1) is 24.9 Å². The highest BCUT2D eigenvalue weighted by atomic mass is 32.2. The van der Waals surface area contributed by atoms with Crippen molar-refractivity contribution in [3.8, 4) is 5.75 Å². The zero-order valence-corrected chi connectivity index (χ0v) is 15.5. The topological polar surface area (TPSA) is 59.1 Å². The maximum atomic E-state index is 13.5. The maximum absolute atomic E-state index is 13.5. The van der Waals surface area contributed by atoms with Crippen LogP contribution in [-0.4, -0.2) is 58.2 Å². The molecule has 0 radical (unpaired) electrons. The molecule has 0 N–H and O–H groups in total. The van der Waals surface area contributed by atoms with Gasteiger partial charge in [-0.25, -0.2) is 8.42 Å². The Morgan fingerprint density at radius 2 is 2.04 bits per heavy atom. The largest absolute Gasteiger partial charge is 0.492 e. The van der Waals surface area contributed by atoms with Crippen molar-refractivity contribution < 1.29 is 17.9 Å². The average molecular weight is 366 g/mol. The zero-order chi connectivity index (χ0) is 17.4. The summed E-state index contributed by atoms with van der Waals surface area (Å²) in [6.45, 7) is 2.55. The molecule has 1 saturated heterocycles. The number of anilines is 1. The minimum atomic E-state index is -3.56. The predicted octanol–water partition coefficient (Wildman–Crippen LogP) is 2.24. The Bertz CT molecular complexity index is 733. The molecule has 4 rings (SSSR count). The summed E-state index contributed by atoms with van der Waals surface area (Å²) in [5, 5.41) is 0. The third kappa shape index (κ3) is 3.13. The van der Waals surface area contributed by atoms with E-state index >= 15 is 0 Å². The van der Waals surface area contributed by atoms with Crippen LogP contribution in [-0.2, 0) is 14.8 Å². The third-order valence-corrected chi connectivity index (χ3v) is 7.33. The molecule has 25 heavy (non-hydrogen) atoms. The molecule has 1 saturated carbocycles. The number of sulfonamides is 1. The van der Waals surface area contributed by atoms with Crippen molar-refractivity contribution in [1.29, 1.82) is 0 Å². The van der Waals surface area contributed by atoms with Crippen LogP contribution in [0.1, 0.15) is 32.1 Å². The lowest BCUT2D eigenvalue weighted by Gasteiger charge is -2.32. The summed E-state index contributed by atoms with van der Waals surface area (Å²) in [5.74, 6) is 0.492. The van der Waals surface area contributed by atoms with Crippen molar-refractivity contribution in [3.05, 3.63) is 18.2 Å². The molecule has 2 aliphatic heterocycles. The lowest BCUT2D eigenvalue weighted by atomic mass is 10.2. The molecule has 1 aliphatic carbocycles. The molecule has 2 heterocycles. The van der Waals surface area contributed by atoms with Gasteiger partial charge in [-0.3, -0.25) is 0 Å². The second kappa shape index (κ2) is 6.78. The molecule has 2 fully saturated rings. The van der Waals surface area contributed by atoms with Gasteiger partial charge in [0.1, 0.15) is 10.6 Å². The summed E-state index contributed by atoms with van der Waals surface area (Å²) in [5.41, 5.74) is 0.768. The molecule has 3 aliphatic rings. The number of hydrogen-bond donors (Lipinski definition) is 0. The molecule has 138 valence electrons. The van der Waals surface area contributed by atoms with Gasteiger partial charge in [-0.1, -0.05) is 6.07 Å². The van der Waals surface area contributed by atoms with E-state index in [1.165, 1.54) is 0 Å². The van der Waals surface area contributed by atoms with Gasteiger partial charge in [0.15, 0.2) is 0 Å². The van der Waals surface area contributed by atoms with E-state index in [2.05, 4.69) is 4.90 Å².